The molecule has 1 N–H and O–H groups in total. The molecule has 0 fully saturated rings. The van der Waals surface area contributed by atoms with Gasteiger partial charge in [-0.3, -0.25) is 9.36 Å². The predicted octanol–water partition coefficient (Wildman–Crippen LogP) is 7.35. The smallest absolute Gasteiger partial charge is 0.235 e. The Morgan fingerprint density at radius 3 is 2.95 bits per heavy atom. The molecule has 1 aromatic carbocycles. The van der Waals surface area contributed by atoms with E-state index in [2.05, 4.69) is 48.9 Å². The van der Waals surface area contributed by atoms with Crippen LogP contribution in [-0.4, -0.2) is 26.4 Å². The first-order valence-electron chi connectivity index (χ1n) is 12.4. The highest BCUT2D eigenvalue weighted by molar-refractivity contribution is 7.99. The Labute approximate surface area is 234 Å². The van der Waals surface area contributed by atoms with E-state index in [0.717, 1.165) is 30.2 Å². The van der Waals surface area contributed by atoms with Gasteiger partial charge in [0.15, 0.2) is 10.9 Å². The first-order chi connectivity index (χ1) is 18.2. The molecule has 0 saturated carbocycles. The highest BCUT2D eigenvalue weighted by atomic mass is 35.5. The van der Waals surface area contributed by atoms with E-state index >= 15 is 0 Å². The van der Waals surface area contributed by atoms with Crippen LogP contribution in [0.2, 0.25) is 5.02 Å². The summed E-state index contributed by atoms with van der Waals surface area (Å²) in [6.45, 7) is 11.1. The second-order valence-electron chi connectivity index (χ2n) is 10.5. The predicted molar refractivity (Wildman–Crippen MR) is 154 cm³/mol. The zero-order valence-electron chi connectivity index (χ0n) is 21.5. The minimum atomic E-state index is -0.189. The zero-order valence-corrected chi connectivity index (χ0v) is 23.9. The van der Waals surface area contributed by atoms with Gasteiger partial charge in [-0.05, 0) is 60.4 Å². The molecule has 0 aliphatic heterocycles. The van der Waals surface area contributed by atoms with Gasteiger partial charge in [-0.25, -0.2) is 0 Å². The molecule has 3 heterocycles. The number of carbonyl (C=O) groups excluding carboxylic acids is 1. The lowest BCUT2D eigenvalue weighted by Crippen LogP contribution is -2.26. The van der Waals surface area contributed by atoms with E-state index in [-0.39, 0.29) is 17.1 Å². The van der Waals surface area contributed by atoms with Gasteiger partial charge in [-0.15, -0.1) is 28.1 Å². The van der Waals surface area contributed by atoms with Crippen molar-refractivity contribution >= 4 is 56.6 Å². The molecular formula is C28H28ClN5O2S2. The van der Waals surface area contributed by atoms with Crippen LogP contribution in [0, 0.1) is 22.7 Å². The first-order valence-corrected chi connectivity index (χ1v) is 14.6. The number of furan rings is 1. The minimum absolute atomic E-state index is 0.128. The third-order valence-electron chi connectivity index (χ3n) is 6.91. The van der Waals surface area contributed by atoms with Crippen molar-refractivity contribution in [2.45, 2.75) is 51.7 Å². The van der Waals surface area contributed by atoms with Crippen LogP contribution in [0.5, 0.6) is 0 Å². The number of allylic oxidation sites excluding steroid dienone is 1. The summed E-state index contributed by atoms with van der Waals surface area (Å²) in [7, 11) is 0. The number of hydrogen-bond acceptors (Lipinski definition) is 7. The van der Waals surface area contributed by atoms with Gasteiger partial charge in [0.2, 0.25) is 11.7 Å². The molecule has 0 radical (unpaired) electrons. The SMILES string of the molecule is C=CCn1c(SCC(=O)Nc2sc3c(c2C#N)CC[C@H](C(C)(C)C)C3)nnc1-c1cc2cc(Cl)ccc2o1. The van der Waals surface area contributed by atoms with Crippen LogP contribution < -0.4 is 5.32 Å². The molecule has 38 heavy (non-hydrogen) atoms. The van der Waals surface area contributed by atoms with Crippen LogP contribution in [0.25, 0.3) is 22.6 Å². The fourth-order valence-corrected chi connectivity index (χ4v) is 7.04. The van der Waals surface area contributed by atoms with Crippen molar-refractivity contribution in [1.29, 1.82) is 5.26 Å². The van der Waals surface area contributed by atoms with Gasteiger partial charge in [-0.2, -0.15) is 5.26 Å². The number of rotatable bonds is 7. The van der Waals surface area contributed by atoms with E-state index < -0.39 is 0 Å². The Balaban J connectivity index is 1.31. The van der Waals surface area contributed by atoms with E-state index in [1.54, 1.807) is 23.5 Å². The number of anilines is 1. The summed E-state index contributed by atoms with van der Waals surface area (Å²) >= 11 is 8.93. The number of fused-ring (bicyclic) bond motifs is 2. The average Bonchev–Trinajstić information content (AvgIpc) is 3.56. The molecule has 4 aromatic rings. The van der Waals surface area contributed by atoms with Gasteiger partial charge in [0, 0.05) is 21.8 Å². The molecule has 1 aliphatic rings. The van der Waals surface area contributed by atoms with E-state index in [1.807, 2.05) is 22.8 Å². The van der Waals surface area contributed by atoms with E-state index in [4.69, 9.17) is 16.0 Å². The summed E-state index contributed by atoms with van der Waals surface area (Å²) < 4.78 is 7.84. The summed E-state index contributed by atoms with van der Waals surface area (Å²) in [5.41, 5.74) is 2.62. The normalized spacial score (nSPS) is 15.3. The van der Waals surface area contributed by atoms with Gasteiger partial charge in [0.05, 0.1) is 11.3 Å². The number of benzene rings is 1. The fourth-order valence-electron chi connectivity index (χ4n) is 4.82. The Hall–Kier alpha value is -3.06. The van der Waals surface area contributed by atoms with Gasteiger partial charge in [-0.1, -0.05) is 50.2 Å². The molecule has 0 spiro atoms. The Morgan fingerprint density at radius 1 is 1.39 bits per heavy atom. The molecule has 196 valence electrons. The zero-order chi connectivity index (χ0) is 27.0. The van der Waals surface area contributed by atoms with E-state index in [9.17, 15) is 10.1 Å². The molecule has 0 bridgehead atoms. The van der Waals surface area contributed by atoms with Crippen LogP contribution in [0.15, 0.2) is 46.5 Å². The highest BCUT2D eigenvalue weighted by Crippen LogP contribution is 2.44. The summed E-state index contributed by atoms with van der Waals surface area (Å²) in [4.78, 5) is 14.2. The van der Waals surface area contributed by atoms with Crippen molar-refractivity contribution < 1.29 is 9.21 Å². The molecule has 1 atom stereocenters. The standard InChI is InChI=1S/C28H28ClN5O2S2/c1-5-10-34-25(22-12-16-11-18(29)7-9-21(16)36-22)32-33-27(34)37-15-24(35)31-26-20(14-30)19-8-6-17(28(2,3)4)13-23(19)38-26/h5,7,9,11-12,17H,1,6,8,10,13,15H2,2-4H3,(H,31,35)/t17-/m0/s1. The number of amides is 1. The minimum Gasteiger partial charge on any atom is -0.453 e. The number of hydrogen-bond donors (Lipinski definition) is 1. The molecule has 10 heteroatoms. The first kappa shape index (κ1) is 26.5. The van der Waals surface area contributed by atoms with Crippen molar-refractivity contribution in [1.82, 2.24) is 14.8 Å². The molecular weight excluding hydrogens is 538 g/mol. The molecule has 3 aromatic heterocycles. The lowest BCUT2D eigenvalue weighted by atomic mass is 9.72. The summed E-state index contributed by atoms with van der Waals surface area (Å²) in [6.07, 6.45) is 4.63. The maximum absolute atomic E-state index is 12.9. The second kappa shape index (κ2) is 10.6. The Bertz CT molecular complexity index is 1570. The van der Waals surface area contributed by atoms with Crippen LogP contribution in [0.1, 0.15) is 43.2 Å². The van der Waals surface area contributed by atoms with E-state index in [1.165, 1.54) is 16.6 Å². The molecule has 1 amide bonds. The molecule has 0 saturated heterocycles. The number of aromatic nitrogens is 3. The molecule has 7 nitrogen and oxygen atoms in total. The topological polar surface area (TPSA) is 96.7 Å². The monoisotopic (exact) mass is 565 g/mol. The number of carbonyl (C=O) groups is 1. The number of nitrogens with one attached hydrogen (secondary N) is 1. The quantitative estimate of drug-likeness (QED) is 0.186. The van der Waals surface area contributed by atoms with E-state index in [0.29, 0.717) is 50.4 Å². The maximum Gasteiger partial charge on any atom is 0.235 e. The number of thioether (sulfide) groups is 1. The van der Waals surface area contributed by atoms with Gasteiger partial charge in [0.25, 0.3) is 0 Å². The van der Waals surface area contributed by atoms with Gasteiger partial charge < -0.3 is 9.73 Å². The number of halogens is 1. The van der Waals surface area contributed by atoms with Crippen molar-refractivity contribution in [2.24, 2.45) is 11.3 Å². The Morgan fingerprint density at radius 2 is 2.21 bits per heavy atom. The summed E-state index contributed by atoms with van der Waals surface area (Å²) in [5, 5.41) is 24.2. The largest absolute Gasteiger partial charge is 0.453 e. The lowest BCUT2D eigenvalue weighted by molar-refractivity contribution is -0.113. The van der Waals surface area contributed by atoms with Crippen molar-refractivity contribution in [2.75, 3.05) is 11.1 Å². The van der Waals surface area contributed by atoms with Gasteiger partial charge >= 0.3 is 0 Å². The number of nitriles is 1. The maximum atomic E-state index is 12.9. The van der Waals surface area contributed by atoms with Crippen molar-refractivity contribution in [3.05, 3.63) is 57.9 Å². The second-order valence-corrected chi connectivity index (χ2v) is 12.9. The average molecular weight is 566 g/mol. The number of thiophene rings is 1. The Kier molecular flexibility index (Phi) is 7.40. The summed E-state index contributed by atoms with van der Waals surface area (Å²) in [5.74, 6) is 1.61. The van der Waals surface area contributed by atoms with Crippen LogP contribution in [-0.2, 0) is 24.2 Å². The highest BCUT2D eigenvalue weighted by Gasteiger charge is 2.32. The van der Waals surface area contributed by atoms with Crippen LogP contribution in [0.4, 0.5) is 5.00 Å². The molecule has 5 rings (SSSR count). The van der Waals surface area contributed by atoms with Crippen molar-refractivity contribution in [3.8, 4) is 17.7 Å². The summed E-state index contributed by atoms with van der Waals surface area (Å²) in [6, 6.07) is 9.63. The lowest BCUT2D eigenvalue weighted by Gasteiger charge is -2.33. The third kappa shape index (κ3) is 5.26. The fraction of sp³-hybridized carbons (Fsp3) is 0.357. The molecule has 1 aliphatic carbocycles. The molecule has 0 unspecified atom stereocenters. The third-order valence-corrected chi connectivity index (χ3v) is 9.29. The van der Waals surface area contributed by atoms with Crippen LogP contribution >= 0.6 is 34.7 Å². The van der Waals surface area contributed by atoms with Crippen molar-refractivity contribution in [3.63, 3.8) is 0 Å². The van der Waals surface area contributed by atoms with Crippen LogP contribution in [0.3, 0.4) is 0 Å². The number of nitrogens with zero attached hydrogens (tertiary/aromatic N) is 4. The van der Waals surface area contributed by atoms with Gasteiger partial charge in [0.1, 0.15) is 16.7 Å².